The van der Waals surface area contributed by atoms with E-state index in [2.05, 4.69) is 4.74 Å². The highest BCUT2D eigenvalue weighted by atomic mass is 32.2. The molecule has 1 N–H and O–H groups in total. The Labute approximate surface area is 138 Å². The summed E-state index contributed by atoms with van der Waals surface area (Å²) in [5.41, 5.74) is 0.119. The number of alkyl halides is 2. The molecule has 0 saturated carbocycles. The fraction of sp³-hybridized carbons (Fsp3) is 0.385. The molecule has 24 heavy (non-hydrogen) atoms. The first-order chi connectivity index (χ1) is 11.0. The lowest BCUT2D eigenvalue weighted by Gasteiger charge is -2.14. The number of benzene rings is 1. The normalized spacial score (nSPS) is 11.8. The van der Waals surface area contributed by atoms with Gasteiger partial charge in [-0.3, -0.25) is 9.35 Å². The number of esters is 2. The van der Waals surface area contributed by atoms with Crippen LogP contribution in [0.5, 0.6) is 5.75 Å². The number of hydrogen-bond acceptors (Lipinski definition) is 6. The van der Waals surface area contributed by atoms with Gasteiger partial charge in [-0.25, -0.2) is 4.79 Å². The van der Waals surface area contributed by atoms with Gasteiger partial charge in [0.2, 0.25) is 0 Å². The van der Waals surface area contributed by atoms with E-state index < -0.39 is 33.9 Å². The van der Waals surface area contributed by atoms with Crippen molar-refractivity contribution in [3.63, 3.8) is 0 Å². The summed E-state index contributed by atoms with van der Waals surface area (Å²) in [6.45, 7) is -0.399. The maximum Gasteiger partial charge on any atom is 0.402 e. The summed E-state index contributed by atoms with van der Waals surface area (Å²) in [7, 11) is -0.315. The summed E-state index contributed by atoms with van der Waals surface area (Å²) in [4.78, 5) is 23.2. The second-order valence-electron chi connectivity index (χ2n) is 4.55. The third-order valence-corrected chi connectivity index (χ3v) is 3.64. The standard InChI is InChI=1S/C13H13BF2O7S/c1-2-11(17)23-10-5-8(6-14)3-4-9(10)12(18)22-7-13(15,16)24(19,20)21/h3-5H,2,6-7H2,1H3,(H,19,20,21). The second kappa shape index (κ2) is 7.71. The van der Waals surface area contributed by atoms with E-state index in [0.717, 1.165) is 6.07 Å². The molecule has 0 amide bonds. The lowest BCUT2D eigenvalue weighted by molar-refractivity contribution is -0.134. The molecular formula is C13H13BF2O7S. The molecule has 0 unspecified atom stereocenters. The van der Waals surface area contributed by atoms with Gasteiger partial charge in [0.1, 0.15) is 11.3 Å². The van der Waals surface area contributed by atoms with Crippen LogP contribution in [-0.4, -0.2) is 44.6 Å². The van der Waals surface area contributed by atoms with Gasteiger partial charge in [0.25, 0.3) is 0 Å². The van der Waals surface area contributed by atoms with Crippen molar-refractivity contribution < 1.29 is 40.8 Å². The topological polar surface area (TPSA) is 107 Å². The van der Waals surface area contributed by atoms with Crippen molar-refractivity contribution in [2.24, 2.45) is 0 Å². The van der Waals surface area contributed by atoms with Crippen LogP contribution in [0.4, 0.5) is 8.78 Å². The highest BCUT2D eigenvalue weighted by Crippen LogP contribution is 2.25. The van der Waals surface area contributed by atoms with Crippen molar-refractivity contribution in [1.82, 2.24) is 0 Å². The van der Waals surface area contributed by atoms with Crippen LogP contribution in [0, 0.1) is 0 Å². The van der Waals surface area contributed by atoms with E-state index in [1.807, 2.05) is 0 Å². The first-order valence-electron chi connectivity index (χ1n) is 6.57. The van der Waals surface area contributed by atoms with Crippen LogP contribution in [0.3, 0.4) is 0 Å². The monoisotopic (exact) mass is 362 g/mol. The van der Waals surface area contributed by atoms with Gasteiger partial charge in [0.15, 0.2) is 6.61 Å². The molecule has 1 rings (SSSR count). The Kier molecular flexibility index (Phi) is 6.44. The highest BCUT2D eigenvalue weighted by molar-refractivity contribution is 7.86. The van der Waals surface area contributed by atoms with Crippen molar-refractivity contribution in [1.29, 1.82) is 0 Å². The van der Waals surface area contributed by atoms with Crippen LogP contribution in [0.1, 0.15) is 29.3 Å². The maximum absolute atomic E-state index is 13.1. The molecule has 11 heteroatoms. The molecule has 0 spiro atoms. The van der Waals surface area contributed by atoms with Crippen molar-refractivity contribution in [3.05, 3.63) is 29.3 Å². The highest BCUT2D eigenvalue weighted by Gasteiger charge is 2.45. The van der Waals surface area contributed by atoms with Gasteiger partial charge >= 0.3 is 27.3 Å². The molecule has 0 atom stereocenters. The third-order valence-electron chi connectivity index (χ3n) is 2.76. The van der Waals surface area contributed by atoms with Crippen LogP contribution < -0.4 is 4.74 Å². The zero-order valence-corrected chi connectivity index (χ0v) is 13.3. The Morgan fingerprint density at radius 3 is 2.46 bits per heavy atom. The zero-order valence-electron chi connectivity index (χ0n) is 12.5. The van der Waals surface area contributed by atoms with Crippen molar-refractivity contribution in [2.45, 2.75) is 24.9 Å². The van der Waals surface area contributed by atoms with Gasteiger partial charge in [-0.05, 0) is 12.1 Å². The van der Waals surface area contributed by atoms with E-state index in [9.17, 15) is 26.8 Å². The molecule has 0 aliphatic heterocycles. The Bertz CT molecular complexity index is 734. The third kappa shape index (κ3) is 5.00. The number of halogens is 2. The molecule has 1 aromatic rings. The molecular weight excluding hydrogens is 349 g/mol. The molecule has 0 saturated heterocycles. The average Bonchev–Trinajstić information content (AvgIpc) is 2.51. The maximum atomic E-state index is 13.1. The summed E-state index contributed by atoms with van der Waals surface area (Å²) >= 11 is 0. The molecule has 0 aromatic heterocycles. The molecule has 0 bridgehead atoms. The van der Waals surface area contributed by atoms with Crippen LogP contribution in [-0.2, 0) is 26.0 Å². The van der Waals surface area contributed by atoms with Gasteiger partial charge < -0.3 is 9.47 Å². The summed E-state index contributed by atoms with van der Waals surface area (Å²) in [6.07, 6.45) is 0.0506. The first-order valence-corrected chi connectivity index (χ1v) is 8.01. The minimum absolute atomic E-state index is 0.0117. The largest absolute Gasteiger partial charge is 0.454 e. The van der Waals surface area contributed by atoms with Gasteiger partial charge in [-0.15, -0.1) is 0 Å². The average molecular weight is 362 g/mol. The Morgan fingerprint density at radius 1 is 1.33 bits per heavy atom. The number of carbonyl (C=O) groups is 2. The predicted molar refractivity (Wildman–Crippen MR) is 78.6 cm³/mol. The molecule has 7 nitrogen and oxygen atoms in total. The van der Waals surface area contributed by atoms with E-state index in [1.54, 1.807) is 0 Å². The van der Waals surface area contributed by atoms with E-state index in [1.165, 1.54) is 19.1 Å². The van der Waals surface area contributed by atoms with Gasteiger partial charge in [0, 0.05) is 6.42 Å². The van der Waals surface area contributed by atoms with Gasteiger partial charge in [-0.2, -0.15) is 17.2 Å². The van der Waals surface area contributed by atoms with Crippen molar-refractivity contribution in [2.75, 3.05) is 6.61 Å². The summed E-state index contributed by atoms with van der Waals surface area (Å²) in [6, 6.07) is 3.76. The smallest absolute Gasteiger partial charge is 0.402 e. The lowest BCUT2D eigenvalue weighted by atomic mass is 9.96. The molecule has 1 aromatic carbocycles. The second-order valence-corrected chi connectivity index (χ2v) is 6.10. The molecule has 2 radical (unpaired) electrons. The minimum Gasteiger partial charge on any atom is -0.454 e. The van der Waals surface area contributed by atoms with Crippen LogP contribution in [0.2, 0.25) is 0 Å². The Hall–Kier alpha value is -2.01. The van der Waals surface area contributed by atoms with Crippen LogP contribution in [0.25, 0.3) is 0 Å². The summed E-state index contributed by atoms with van der Waals surface area (Å²) in [5, 5.41) is -4.67. The minimum atomic E-state index is -5.74. The van der Waals surface area contributed by atoms with Crippen molar-refractivity contribution >= 4 is 29.9 Å². The number of hydrogen-bond donors (Lipinski definition) is 1. The number of rotatable bonds is 7. The summed E-state index contributed by atoms with van der Waals surface area (Å²) in [5.74, 6) is -2.31. The van der Waals surface area contributed by atoms with Crippen LogP contribution >= 0.6 is 0 Å². The zero-order chi connectivity index (χ0) is 18.5. The van der Waals surface area contributed by atoms with Crippen LogP contribution in [0.15, 0.2) is 18.2 Å². The number of carbonyl (C=O) groups excluding carboxylic acids is 2. The van der Waals surface area contributed by atoms with E-state index in [0.29, 0.717) is 5.56 Å². The van der Waals surface area contributed by atoms with Crippen molar-refractivity contribution in [3.8, 4) is 5.75 Å². The number of ether oxygens (including phenoxy) is 2. The SMILES string of the molecule is [B]Cc1ccc(C(=O)OCC(F)(F)S(=O)(=O)O)c(OC(=O)CC)c1. The fourth-order valence-corrected chi connectivity index (χ4v) is 1.65. The first kappa shape index (κ1) is 20.0. The quantitative estimate of drug-likeness (QED) is 0.337. The predicted octanol–water partition coefficient (Wildman–Crippen LogP) is 1.31. The molecule has 130 valence electrons. The molecule has 0 aliphatic rings. The lowest BCUT2D eigenvalue weighted by Crippen LogP contribution is -2.34. The van der Waals surface area contributed by atoms with Gasteiger partial charge in [-0.1, -0.05) is 24.9 Å². The molecule has 0 aliphatic carbocycles. The Morgan fingerprint density at radius 2 is 1.96 bits per heavy atom. The fourth-order valence-electron chi connectivity index (χ4n) is 1.44. The summed E-state index contributed by atoms with van der Waals surface area (Å²) < 4.78 is 64.5. The van der Waals surface area contributed by atoms with Gasteiger partial charge in [0.05, 0.1) is 7.85 Å². The van der Waals surface area contributed by atoms with E-state index >= 15 is 0 Å². The van der Waals surface area contributed by atoms with E-state index in [-0.39, 0.29) is 24.1 Å². The van der Waals surface area contributed by atoms with E-state index in [4.69, 9.17) is 17.1 Å². The molecule has 0 heterocycles. The molecule has 0 fully saturated rings. The Balaban J connectivity index is 3.03.